The van der Waals surface area contributed by atoms with Crippen LogP contribution in [0.4, 0.5) is 11.4 Å². The highest BCUT2D eigenvalue weighted by Crippen LogP contribution is 2.65. The number of alkyl halides is 2. The Balaban J connectivity index is 1.49. The Morgan fingerprint density at radius 1 is 0.758 bits per heavy atom. The lowest BCUT2D eigenvalue weighted by molar-refractivity contribution is -0.117. The van der Waals surface area contributed by atoms with Crippen molar-refractivity contribution in [1.29, 1.82) is 0 Å². The van der Waals surface area contributed by atoms with E-state index < -0.39 is 22.1 Å². The number of benzene rings is 3. The van der Waals surface area contributed by atoms with E-state index in [9.17, 15) is 9.59 Å². The molecule has 2 amide bonds. The van der Waals surface area contributed by atoms with E-state index in [0.717, 1.165) is 0 Å². The Labute approximate surface area is 220 Å². The molecule has 0 spiro atoms. The van der Waals surface area contributed by atoms with Crippen LogP contribution in [0, 0.1) is 5.92 Å². The molecular formula is C23H14Cl6N2O2. The number of anilines is 2. The highest BCUT2D eigenvalue weighted by atomic mass is 35.5. The van der Waals surface area contributed by atoms with E-state index in [2.05, 4.69) is 10.6 Å². The van der Waals surface area contributed by atoms with Crippen molar-refractivity contribution in [3.63, 3.8) is 0 Å². The SMILES string of the molecule is O=C(Nc1cc(NC(=O)C2C(c3cc(Cl)cc(Cl)c3)C2(Cl)Cl)ccc1Cl)c1ccc(Cl)cc1. The standard InChI is InChI=1S/C23H14Cl6N2O2/c24-13-3-1-11(2-4-13)21(32)31-18-10-16(5-6-17(18)27)30-22(33)20-19(23(20,28)29)12-7-14(25)9-15(26)8-12/h1-10,19-20H,(H,30,33)(H,31,32). The van der Waals surface area contributed by atoms with Gasteiger partial charge < -0.3 is 10.6 Å². The fraction of sp³-hybridized carbons (Fsp3) is 0.130. The molecule has 2 unspecified atom stereocenters. The molecule has 4 rings (SSSR count). The Kier molecular flexibility index (Phi) is 7.07. The minimum absolute atomic E-state index is 0.303. The summed E-state index contributed by atoms with van der Waals surface area (Å²) in [4.78, 5) is 25.4. The van der Waals surface area contributed by atoms with Gasteiger partial charge in [0.2, 0.25) is 5.91 Å². The Morgan fingerprint density at radius 3 is 2.03 bits per heavy atom. The van der Waals surface area contributed by atoms with Gasteiger partial charge in [0.25, 0.3) is 5.91 Å². The first-order valence-electron chi connectivity index (χ1n) is 9.57. The van der Waals surface area contributed by atoms with E-state index in [1.54, 1.807) is 60.7 Å². The predicted octanol–water partition coefficient (Wildman–Crippen LogP) is 8.08. The van der Waals surface area contributed by atoms with Gasteiger partial charge in [0, 0.05) is 32.2 Å². The Morgan fingerprint density at radius 2 is 1.39 bits per heavy atom. The van der Waals surface area contributed by atoms with Crippen LogP contribution < -0.4 is 10.6 Å². The lowest BCUT2D eigenvalue weighted by Gasteiger charge is -2.11. The highest BCUT2D eigenvalue weighted by Gasteiger charge is 2.67. The second-order valence-electron chi connectivity index (χ2n) is 7.48. The third kappa shape index (κ3) is 5.37. The minimum Gasteiger partial charge on any atom is -0.326 e. The zero-order chi connectivity index (χ0) is 23.9. The number of nitrogens with one attached hydrogen (secondary N) is 2. The van der Waals surface area contributed by atoms with Gasteiger partial charge in [-0.05, 0) is 66.2 Å². The largest absolute Gasteiger partial charge is 0.326 e. The fourth-order valence-corrected chi connectivity index (χ4v) is 5.20. The van der Waals surface area contributed by atoms with E-state index in [0.29, 0.717) is 42.6 Å². The molecule has 2 N–H and O–H groups in total. The van der Waals surface area contributed by atoms with Crippen LogP contribution in [-0.4, -0.2) is 16.1 Å². The smallest absolute Gasteiger partial charge is 0.255 e. The average molecular weight is 563 g/mol. The number of amides is 2. The zero-order valence-electron chi connectivity index (χ0n) is 16.5. The molecule has 3 aromatic carbocycles. The fourth-order valence-electron chi connectivity index (χ4n) is 3.54. The van der Waals surface area contributed by atoms with E-state index in [-0.39, 0.29) is 5.91 Å². The van der Waals surface area contributed by atoms with Gasteiger partial charge in [-0.15, -0.1) is 23.2 Å². The lowest BCUT2D eigenvalue weighted by Crippen LogP contribution is -2.17. The maximum absolute atomic E-state index is 12.9. The molecule has 0 heterocycles. The molecule has 0 saturated heterocycles. The quantitative estimate of drug-likeness (QED) is 0.309. The maximum Gasteiger partial charge on any atom is 0.255 e. The van der Waals surface area contributed by atoms with Crippen LogP contribution >= 0.6 is 69.6 Å². The first kappa shape index (κ1) is 24.5. The number of carbonyl (C=O) groups is 2. The molecule has 0 aliphatic heterocycles. The number of carbonyl (C=O) groups excluding carboxylic acids is 2. The van der Waals surface area contributed by atoms with Gasteiger partial charge in [-0.25, -0.2) is 0 Å². The van der Waals surface area contributed by atoms with Crippen LogP contribution in [0.15, 0.2) is 60.7 Å². The summed E-state index contributed by atoms with van der Waals surface area (Å²) in [6.07, 6.45) is 0. The minimum atomic E-state index is -1.31. The number of hydrogen-bond donors (Lipinski definition) is 2. The molecular weight excluding hydrogens is 549 g/mol. The molecule has 1 aliphatic carbocycles. The van der Waals surface area contributed by atoms with Crippen molar-refractivity contribution in [2.24, 2.45) is 5.92 Å². The predicted molar refractivity (Wildman–Crippen MR) is 137 cm³/mol. The van der Waals surface area contributed by atoms with Gasteiger partial charge in [-0.1, -0.05) is 46.4 Å². The summed E-state index contributed by atoms with van der Waals surface area (Å²) in [5.74, 6) is -1.97. The van der Waals surface area contributed by atoms with Crippen LogP contribution in [0.2, 0.25) is 20.1 Å². The molecule has 0 bridgehead atoms. The van der Waals surface area contributed by atoms with Gasteiger partial charge in [-0.3, -0.25) is 9.59 Å². The highest BCUT2D eigenvalue weighted by molar-refractivity contribution is 6.53. The van der Waals surface area contributed by atoms with Crippen molar-refractivity contribution >= 4 is 92.8 Å². The van der Waals surface area contributed by atoms with Gasteiger partial charge in [0.05, 0.1) is 16.6 Å². The first-order chi connectivity index (χ1) is 15.6. The second-order valence-corrected chi connectivity index (χ2v) is 10.6. The van der Waals surface area contributed by atoms with E-state index in [1.807, 2.05) is 0 Å². The van der Waals surface area contributed by atoms with E-state index >= 15 is 0 Å². The molecule has 1 fully saturated rings. The van der Waals surface area contributed by atoms with Crippen molar-refractivity contribution in [3.05, 3.63) is 91.9 Å². The molecule has 2 atom stereocenters. The van der Waals surface area contributed by atoms with Crippen LogP contribution in [0.3, 0.4) is 0 Å². The topological polar surface area (TPSA) is 58.2 Å². The summed E-state index contributed by atoms with van der Waals surface area (Å²) in [7, 11) is 0. The number of halogens is 6. The van der Waals surface area contributed by atoms with Gasteiger partial charge >= 0.3 is 0 Å². The van der Waals surface area contributed by atoms with Crippen molar-refractivity contribution in [3.8, 4) is 0 Å². The molecule has 1 aliphatic rings. The van der Waals surface area contributed by atoms with E-state index in [1.165, 1.54) is 0 Å². The molecule has 33 heavy (non-hydrogen) atoms. The van der Waals surface area contributed by atoms with Gasteiger partial charge in [-0.2, -0.15) is 0 Å². The number of rotatable bonds is 5. The third-order valence-corrected chi connectivity index (χ3v) is 7.13. The number of hydrogen-bond acceptors (Lipinski definition) is 2. The summed E-state index contributed by atoms with van der Waals surface area (Å²) in [5.41, 5.74) is 1.81. The molecule has 0 radical (unpaired) electrons. The zero-order valence-corrected chi connectivity index (χ0v) is 21.0. The summed E-state index contributed by atoms with van der Waals surface area (Å²) in [5, 5.41) is 7.16. The molecule has 1 saturated carbocycles. The Bertz CT molecular complexity index is 1230. The third-order valence-electron chi connectivity index (χ3n) is 5.17. The molecule has 10 heteroatoms. The van der Waals surface area contributed by atoms with Gasteiger partial charge in [0.1, 0.15) is 4.33 Å². The van der Waals surface area contributed by atoms with Crippen molar-refractivity contribution < 1.29 is 9.59 Å². The normalized spacial score (nSPS) is 18.5. The Hall–Kier alpha value is -1.66. The lowest BCUT2D eigenvalue weighted by atomic mass is 10.1. The summed E-state index contributed by atoms with van der Waals surface area (Å²) < 4.78 is -1.31. The summed E-state index contributed by atoms with van der Waals surface area (Å²) >= 11 is 37.1. The van der Waals surface area contributed by atoms with E-state index in [4.69, 9.17) is 69.6 Å². The second kappa shape index (κ2) is 9.53. The molecule has 0 aromatic heterocycles. The maximum atomic E-state index is 12.9. The summed E-state index contributed by atoms with van der Waals surface area (Å²) in [6, 6.07) is 16.1. The van der Waals surface area contributed by atoms with Crippen LogP contribution in [0.25, 0.3) is 0 Å². The van der Waals surface area contributed by atoms with Crippen molar-refractivity contribution in [1.82, 2.24) is 0 Å². The molecule has 170 valence electrons. The van der Waals surface area contributed by atoms with Crippen molar-refractivity contribution in [2.75, 3.05) is 10.6 Å². The van der Waals surface area contributed by atoms with Crippen molar-refractivity contribution in [2.45, 2.75) is 10.3 Å². The summed E-state index contributed by atoms with van der Waals surface area (Å²) in [6.45, 7) is 0. The van der Waals surface area contributed by atoms with Crippen LogP contribution in [0.1, 0.15) is 21.8 Å². The first-order valence-corrected chi connectivity index (χ1v) is 11.8. The average Bonchev–Trinajstić information content (AvgIpc) is 3.32. The monoisotopic (exact) mass is 560 g/mol. The van der Waals surface area contributed by atoms with Crippen LogP contribution in [0.5, 0.6) is 0 Å². The van der Waals surface area contributed by atoms with Gasteiger partial charge in [0.15, 0.2) is 0 Å². The molecule has 3 aromatic rings. The van der Waals surface area contributed by atoms with Crippen LogP contribution in [-0.2, 0) is 4.79 Å². The molecule has 4 nitrogen and oxygen atoms in total.